The third kappa shape index (κ3) is 6.10. The molecule has 254 valence electrons. The quantitative estimate of drug-likeness (QED) is 0.132. The van der Waals surface area contributed by atoms with Crippen LogP contribution >= 0.6 is 0 Å². The van der Waals surface area contributed by atoms with Gasteiger partial charge in [-0.25, -0.2) is 0 Å². The van der Waals surface area contributed by atoms with Crippen LogP contribution in [-0.4, -0.2) is 28.4 Å². The van der Waals surface area contributed by atoms with Crippen molar-refractivity contribution in [1.29, 1.82) is 10.5 Å². The fraction of sp³-hybridized carbons (Fsp3) is 0.0909. The van der Waals surface area contributed by atoms with Gasteiger partial charge >= 0.3 is 0 Å². The molecule has 1 aliphatic rings. The lowest BCUT2D eigenvalue weighted by Gasteiger charge is -2.26. The average molecular weight is 683 g/mol. The number of anilines is 6. The molecular weight excluding hydrogens is 649 g/mol. The van der Waals surface area contributed by atoms with Crippen LogP contribution in [0.25, 0.3) is 16.7 Å². The lowest BCUT2D eigenvalue weighted by molar-refractivity contribution is 0.414. The Labute approximate surface area is 303 Å². The summed E-state index contributed by atoms with van der Waals surface area (Å²) in [5.41, 5.74) is 9.44. The lowest BCUT2D eigenvalue weighted by atomic mass is 9.98. The summed E-state index contributed by atoms with van der Waals surface area (Å²) in [4.78, 5) is 4.25. The predicted octanol–water partition coefficient (Wildman–Crippen LogP) is 10.5. The number of benzene rings is 6. The molecule has 1 aliphatic carbocycles. The van der Waals surface area contributed by atoms with Crippen molar-refractivity contribution in [2.75, 3.05) is 38.2 Å². The Morgan fingerprint density at radius 2 is 0.654 bits per heavy atom. The highest BCUT2D eigenvalue weighted by atomic mass is 16.5. The van der Waals surface area contributed by atoms with E-state index in [-0.39, 0.29) is 5.57 Å². The molecule has 6 aromatic carbocycles. The first kappa shape index (κ1) is 33.3. The molecule has 0 saturated heterocycles. The summed E-state index contributed by atoms with van der Waals surface area (Å²) in [6.45, 7) is 0. The van der Waals surface area contributed by atoms with E-state index in [1.807, 2.05) is 97.1 Å². The van der Waals surface area contributed by atoms with Crippen molar-refractivity contribution in [2.45, 2.75) is 0 Å². The van der Waals surface area contributed by atoms with Crippen LogP contribution in [0.5, 0.6) is 23.0 Å². The Morgan fingerprint density at radius 1 is 0.385 bits per heavy atom. The first-order chi connectivity index (χ1) is 25.5. The molecule has 7 rings (SSSR count). The minimum Gasteiger partial charge on any atom is -0.497 e. The summed E-state index contributed by atoms with van der Waals surface area (Å²) in [7, 11) is 6.57. The molecular formula is C44H34N4O4. The summed E-state index contributed by atoms with van der Waals surface area (Å²) in [6, 6.07) is 48.1. The molecule has 52 heavy (non-hydrogen) atoms. The zero-order chi connectivity index (χ0) is 36.2. The van der Waals surface area contributed by atoms with E-state index in [9.17, 15) is 10.5 Å². The number of allylic oxidation sites excluding steroid dienone is 1. The fourth-order valence-electron chi connectivity index (χ4n) is 6.60. The van der Waals surface area contributed by atoms with Gasteiger partial charge < -0.3 is 28.7 Å². The molecule has 0 fully saturated rings. The minimum absolute atomic E-state index is 0.0372. The van der Waals surface area contributed by atoms with E-state index in [0.717, 1.165) is 79.4 Å². The third-order valence-electron chi connectivity index (χ3n) is 9.15. The van der Waals surface area contributed by atoms with Crippen molar-refractivity contribution >= 4 is 39.7 Å². The Balaban J connectivity index is 1.39. The van der Waals surface area contributed by atoms with Crippen molar-refractivity contribution in [3.05, 3.63) is 150 Å². The fourth-order valence-corrected chi connectivity index (χ4v) is 6.60. The molecule has 8 nitrogen and oxygen atoms in total. The van der Waals surface area contributed by atoms with Crippen LogP contribution in [0.1, 0.15) is 11.1 Å². The summed E-state index contributed by atoms with van der Waals surface area (Å²) >= 11 is 0. The molecule has 0 heterocycles. The largest absolute Gasteiger partial charge is 0.497 e. The van der Waals surface area contributed by atoms with Crippen molar-refractivity contribution in [3.63, 3.8) is 0 Å². The zero-order valence-corrected chi connectivity index (χ0v) is 29.1. The number of nitrogens with zero attached hydrogens (tertiary/aromatic N) is 4. The molecule has 8 heteroatoms. The van der Waals surface area contributed by atoms with Gasteiger partial charge in [0.1, 0.15) is 40.7 Å². The van der Waals surface area contributed by atoms with Gasteiger partial charge in [0.25, 0.3) is 0 Å². The van der Waals surface area contributed by atoms with Gasteiger partial charge in [-0.3, -0.25) is 0 Å². The molecule has 0 bridgehead atoms. The summed E-state index contributed by atoms with van der Waals surface area (Å²) in [5, 5.41) is 20.6. The topological polar surface area (TPSA) is 91.0 Å². The molecule has 0 radical (unpaired) electrons. The summed E-state index contributed by atoms with van der Waals surface area (Å²) in [6.07, 6.45) is 0. The van der Waals surface area contributed by atoms with Crippen LogP contribution in [-0.2, 0) is 0 Å². The Hall–Kier alpha value is -7.16. The first-order valence-electron chi connectivity index (χ1n) is 16.5. The second-order valence-electron chi connectivity index (χ2n) is 11.9. The number of rotatable bonds is 10. The molecule has 0 atom stereocenters. The van der Waals surface area contributed by atoms with E-state index in [2.05, 4.69) is 58.3 Å². The predicted molar refractivity (Wildman–Crippen MR) is 205 cm³/mol. The van der Waals surface area contributed by atoms with Gasteiger partial charge in [0.15, 0.2) is 0 Å². The maximum Gasteiger partial charge on any atom is 0.138 e. The van der Waals surface area contributed by atoms with Crippen molar-refractivity contribution < 1.29 is 18.9 Å². The summed E-state index contributed by atoms with van der Waals surface area (Å²) < 4.78 is 21.8. The monoisotopic (exact) mass is 682 g/mol. The molecule has 0 aromatic heterocycles. The first-order valence-corrected chi connectivity index (χ1v) is 16.5. The van der Waals surface area contributed by atoms with Crippen molar-refractivity contribution in [2.24, 2.45) is 0 Å². The highest BCUT2D eigenvalue weighted by Gasteiger charge is 2.29. The smallest absolute Gasteiger partial charge is 0.138 e. The van der Waals surface area contributed by atoms with E-state index in [1.165, 1.54) is 0 Å². The van der Waals surface area contributed by atoms with Crippen LogP contribution in [0.4, 0.5) is 34.1 Å². The Kier molecular flexibility index (Phi) is 9.21. The number of ether oxygens (including phenoxy) is 4. The van der Waals surface area contributed by atoms with Gasteiger partial charge in [-0.05, 0) is 144 Å². The van der Waals surface area contributed by atoms with Gasteiger partial charge in [-0.2, -0.15) is 10.5 Å². The van der Waals surface area contributed by atoms with Gasteiger partial charge in [-0.1, -0.05) is 12.1 Å². The number of fused-ring (bicyclic) bond motifs is 3. The molecule has 6 aromatic rings. The second-order valence-corrected chi connectivity index (χ2v) is 11.9. The van der Waals surface area contributed by atoms with Gasteiger partial charge in [0, 0.05) is 39.7 Å². The Bertz CT molecular complexity index is 2090. The molecule has 0 saturated carbocycles. The van der Waals surface area contributed by atoms with E-state index >= 15 is 0 Å². The zero-order valence-electron chi connectivity index (χ0n) is 29.1. The van der Waals surface area contributed by atoms with Crippen LogP contribution in [0, 0.1) is 22.7 Å². The van der Waals surface area contributed by atoms with Crippen LogP contribution in [0.15, 0.2) is 139 Å². The molecule has 0 aliphatic heterocycles. The normalized spacial score (nSPS) is 11.0. The average Bonchev–Trinajstić information content (AvgIpc) is 3.52. The number of methoxy groups -OCH3 is 4. The van der Waals surface area contributed by atoms with Crippen molar-refractivity contribution in [3.8, 4) is 46.3 Å². The van der Waals surface area contributed by atoms with Crippen molar-refractivity contribution in [1.82, 2.24) is 0 Å². The SMILES string of the molecule is COc1ccc(N(c2ccc(OC)cc2)c2ccc3c(c2)C(=C(C#N)C#N)c2cc(N(c4ccc(OC)cc4)c4ccc(OC)cc4)ccc2-3)cc1. The number of hydrogen-bond donors (Lipinski definition) is 0. The maximum absolute atomic E-state index is 10.3. The van der Waals surface area contributed by atoms with Crippen LogP contribution in [0.2, 0.25) is 0 Å². The standard InChI is InChI=1S/C44H34N4O4/c1-49-36-15-5-30(6-16-36)47(31-7-17-37(50-2)18-8-31)34-13-23-40-41-24-14-35(26-43(41)44(42(40)25-34)29(27-45)28-46)48(32-9-19-38(51-3)20-10-32)33-11-21-39(52-4)22-12-33/h5-26H,1-4H3. The van der Waals surface area contributed by atoms with E-state index in [1.54, 1.807) is 28.4 Å². The van der Waals surface area contributed by atoms with Crippen LogP contribution < -0.4 is 28.7 Å². The van der Waals surface area contributed by atoms with Crippen LogP contribution in [0.3, 0.4) is 0 Å². The summed E-state index contributed by atoms with van der Waals surface area (Å²) in [5.74, 6) is 2.98. The molecule has 0 unspecified atom stereocenters. The van der Waals surface area contributed by atoms with Gasteiger partial charge in [-0.15, -0.1) is 0 Å². The highest BCUT2D eigenvalue weighted by molar-refractivity contribution is 6.06. The molecule has 0 N–H and O–H groups in total. The molecule has 0 spiro atoms. The third-order valence-corrected chi connectivity index (χ3v) is 9.15. The highest BCUT2D eigenvalue weighted by Crippen LogP contribution is 2.50. The van der Waals surface area contributed by atoms with Gasteiger partial charge in [0.05, 0.1) is 28.4 Å². The van der Waals surface area contributed by atoms with E-state index in [0.29, 0.717) is 5.57 Å². The number of nitriles is 2. The maximum atomic E-state index is 10.3. The minimum atomic E-state index is 0.0372. The van der Waals surface area contributed by atoms with E-state index < -0.39 is 0 Å². The Morgan fingerprint density at radius 3 is 0.904 bits per heavy atom. The number of hydrogen-bond acceptors (Lipinski definition) is 8. The second kappa shape index (κ2) is 14.4. The van der Waals surface area contributed by atoms with E-state index in [4.69, 9.17) is 18.9 Å². The van der Waals surface area contributed by atoms with Gasteiger partial charge in [0.2, 0.25) is 0 Å². The molecule has 0 amide bonds. The lowest BCUT2D eigenvalue weighted by Crippen LogP contribution is -2.10.